The zero-order chi connectivity index (χ0) is 20.9. The highest BCUT2D eigenvalue weighted by Gasteiger charge is 2.37. The minimum absolute atomic E-state index is 0.107. The summed E-state index contributed by atoms with van der Waals surface area (Å²) in [6.45, 7) is 7.16. The lowest BCUT2D eigenvalue weighted by atomic mass is 9.70. The van der Waals surface area contributed by atoms with Gasteiger partial charge in [-0.05, 0) is 42.7 Å². The van der Waals surface area contributed by atoms with Crippen molar-refractivity contribution < 1.29 is 19.0 Å². The number of ether oxygens (including phenoxy) is 3. The number of methoxy groups -OCH3 is 3. The van der Waals surface area contributed by atoms with Gasteiger partial charge in [0.1, 0.15) is 0 Å². The molecule has 1 fully saturated rings. The van der Waals surface area contributed by atoms with Gasteiger partial charge in [0.15, 0.2) is 11.5 Å². The van der Waals surface area contributed by atoms with Crippen molar-refractivity contribution in [1.82, 2.24) is 4.90 Å². The second kappa shape index (κ2) is 9.18. The van der Waals surface area contributed by atoms with Crippen LogP contribution < -0.4 is 14.2 Å². The minimum atomic E-state index is -0.107. The molecular weight excluding hydrogens is 356 g/mol. The number of carbonyl (C=O) groups is 1. The molecule has 0 spiro atoms. The van der Waals surface area contributed by atoms with Gasteiger partial charge in [-0.1, -0.05) is 20.8 Å². The summed E-state index contributed by atoms with van der Waals surface area (Å²) in [6.07, 6.45) is 3.33. The number of nitriles is 1. The highest BCUT2D eigenvalue weighted by Crippen LogP contribution is 2.42. The maximum Gasteiger partial charge on any atom is 0.254 e. The monoisotopic (exact) mass is 388 g/mol. The molecule has 154 valence electrons. The number of hydrogen-bond donors (Lipinski definition) is 0. The van der Waals surface area contributed by atoms with Gasteiger partial charge in [0, 0.05) is 18.2 Å². The molecule has 28 heavy (non-hydrogen) atoms. The molecule has 6 heteroatoms. The highest BCUT2D eigenvalue weighted by atomic mass is 16.5. The van der Waals surface area contributed by atoms with Gasteiger partial charge in [-0.25, -0.2) is 0 Å². The van der Waals surface area contributed by atoms with Crippen molar-refractivity contribution in [2.24, 2.45) is 11.3 Å². The van der Waals surface area contributed by atoms with Crippen LogP contribution in [0.5, 0.6) is 17.2 Å². The van der Waals surface area contributed by atoms with Crippen LogP contribution in [0.3, 0.4) is 0 Å². The lowest BCUT2D eigenvalue weighted by Gasteiger charge is -2.44. The topological polar surface area (TPSA) is 71.8 Å². The van der Waals surface area contributed by atoms with Gasteiger partial charge in [-0.15, -0.1) is 0 Å². The van der Waals surface area contributed by atoms with Gasteiger partial charge in [0.2, 0.25) is 5.75 Å². The third kappa shape index (κ3) is 4.89. The van der Waals surface area contributed by atoms with Crippen LogP contribution in [0.15, 0.2) is 12.1 Å². The number of amides is 1. The molecule has 0 saturated heterocycles. The molecule has 6 nitrogen and oxygen atoms in total. The van der Waals surface area contributed by atoms with E-state index in [1.807, 2.05) is 4.90 Å². The maximum atomic E-state index is 13.5. The van der Waals surface area contributed by atoms with Crippen molar-refractivity contribution in [1.29, 1.82) is 5.26 Å². The summed E-state index contributed by atoms with van der Waals surface area (Å²) in [6, 6.07) is 5.65. The van der Waals surface area contributed by atoms with Gasteiger partial charge < -0.3 is 19.1 Å². The van der Waals surface area contributed by atoms with Gasteiger partial charge >= 0.3 is 0 Å². The van der Waals surface area contributed by atoms with Crippen molar-refractivity contribution in [2.45, 2.75) is 52.5 Å². The molecule has 2 rings (SSSR count). The van der Waals surface area contributed by atoms with Crippen LogP contribution in [0, 0.1) is 22.7 Å². The fraction of sp³-hybridized carbons (Fsp3) is 0.636. The van der Waals surface area contributed by atoms with Crippen LogP contribution in [0.4, 0.5) is 0 Å². The molecule has 0 bridgehead atoms. The van der Waals surface area contributed by atoms with Crippen molar-refractivity contribution >= 4 is 5.91 Å². The van der Waals surface area contributed by atoms with Crippen LogP contribution in [-0.2, 0) is 0 Å². The molecular formula is C22H32N2O4. The van der Waals surface area contributed by atoms with Crippen molar-refractivity contribution in [3.63, 3.8) is 0 Å². The van der Waals surface area contributed by atoms with Crippen molar-refractivity contribution in [2.75, 3.05) is 27.9 Å². The average Bonchev–Trinajstić information content (AvgIpc) is 2.65. The van der Waals surface area contributed by atoms with E-state index in [-0.39, 0.29) is 17.4 Å². The lowest BCUT2D eigenvalue weighted by Crippen LogP contribution is -2.46. The smallest absolute Gasteiger partial charge is 0.254 e. The summed E-state index contributed by atoms with van der Waals surface area (Å²) >= 11 is 0. The average molecular weight is 389 g/mol. The number of benzene rings is 1. The largest absolute Gasteiger partial charge is 0.493 e. The van der Waals surface area contributed by atoms with E-state index < -0.39 is 0 Å². The molecule has 0 aromatic heterocycles. The zero-order valence-corrected chi connectivity index (χ0v) is 17.9. The van der Waals surface area contributed by atoms with Crippen LogP contribution >= 0.6 is 0 Å². The molecule has 1 aromatic carbocycles. The van der Waals surface area contributed by atoms with Gasteiger partial charge in [0.25, 0.3) is 5.91 Å². The van der Waals surface area contributed by atoms with Crippen LogP contribution in [0.25, 0.3) is 0 Å². The van der Waals surface area contributed by atoms with Crippen molar-refractivity contribution in [3.8, 4) is 23.3 Å². The fourth-order valence-corrected chi connectivity index (χ4v) is 4.52. The Morgan fingerprint density at radius 1 is 1.18 bits per heavy atom. The molecule has 1 aliphatic rings. The first-order valence-corrected chi connectivity index (χ1v) is 9.74. The van der Waals surface area contributed by atoms with Gasteiger partial charge in [0.05, 0.1) is 33.8 Å². The molecule has 1 aliphatic carbocycles. The quantitative estimate of drug-likeness (QED) is 0.697. The Bertz CT molecular complexity index is 714. The fourth-order valence-electron chi connectivity index (χ4n) is 4.52. The Kier molecular flexibility index (Phi) is 7.17. The molecule has 0 heterocycles. The number of nitrogens with zero attached hydrogens (tertiary/aromatic N) is 2. The van der Waals surface area contributed by atoms with E-state index in [0.29, 0.717) is 41.7 Å². The molecule has 0 aliphatic heterocycles. The molecule has 1 aromatic rings. The normalized spacial score (nSPS) is 20.8. The lowest BCUT2D eigenvalue weighted by molar-refractivity contribution is 0.0451. The Morgan fingerprint density at radius 2 is 1.79 bits per heavy atom. The summed E-state index contributed by atoms with van der Waals surface area (Å²) < 4.78 is 16.2. The van der Waals surface area contributed by atoms with Crippen molar-refractivity contribution in [3.05, 3.63) is 17.7 Å². The van der Waals surface area contributed by atoms with Crippen LogP contribution in [-0.4, -0.2) is 44.7 Å². The molecule has 1 saturated carbocycles. The van der Waals surface area contributed by atoms with Gasteiger partial charge in [-0.3, -0.25) is 4.79 Å². The second-order valence-electron chi connectivity index (χ2n) is 8.39. The SMILES string of the molecule is COc1cc(C(=O)N(CCC#N)[C@H]2C[C@H](C)CC(C)(C)C2)cc(OC)c1OC. The van der Waals surface area contributed by atoms with E-state index in [0.717, 1.165) is 19.3 Å². The number of rotatable bonds is 7. The van der Waals surface area contributed by atoms with E-state index in [1.54, 1.807) is 12.1 Å². The summed E-state index contributed by atoms with van der Waals surface area (Å²) in [5.74, 6) is 1.78. The molecule has 0 unspecified atom stereocenters. The van der Waals surface area contributed by atoms with E-state index in [9.17, 15) is 4.79 Å². The maximum absolute atomic E-state index is 13.5. The third-order valence-electron chi connectivity index (χ3n) is 5.44. The molecule has 0 N–H and O–H groups in total. The van der Waals surface area contributed by atoms with Gasteiger partial charge in [-0.2, -0.15) is 5.26 Å². The molecule has 2 atom stereocenters. The molecule has 1 amide bonds. The summed E-state index contributed by atoms with van der Waals surface area (Å²) in [7, 11) is 4.60. The zero-order valence-electron chi connectivity index (χ0n) is 17.9. The highest BCUT2D eigenvalue weighted by molar-refractivity contribution is 5.96. The van der Waals surface area contributed by atoms with E-state index in [2.05, 4.69) is 26.8 Å². The Balaban J connectivity index is 2.41. The third-order valence-corrected chi connectivity index (χ3v) is 5.44. The molecule has 0 radical (unpaired) electrons. The minimum Gasteiger partial charge on any atom is -0.493 e. The Hall–Kier alpha value is -2.42. The first-order valence-electron chi connectivity index (χ1n) is 9.74. The van der Waals surface area contributed by atoms with E-state index in [1.165, 1.54) is 21.3 Å². The predicted octanol–water partition coefficient (Wildman–Crippen LogP) is 4.28. The second-order valence-corrected chi connectivity index (χ2v) is 8.39. The Morgan fingerprint density at radius 3 is 2.25 bits per heavy atom. The van der Waals surface area contributed by atoms with Crippen LogP contribution in [0.1, 0.15) is 56.8 Å². The summed E-state index contributed by atoms with van der Waals surface area (Å²) in [5.41, 5.74) is 0.645. The van der Waals surface area contributed by atoms with E-state index in [4.69, 9.17) is 19.5 Å². The number of hydrogen-bond acceptors (Lipinski definition) is 5. The first-order chi connectivity index (χ1) is 13.3. The number of carbonyl (C=O) groups excluding carboxylic acids is 1. The first kappa shape index (κ1) is 21.9. The standard InChI is InChI=1S/C22H32N2O4/c1-15-10-17(14-22(2,3)13-15)24(9-7-8-23)21(25)16-11-18(26-4)20(28-6)19(12-16)27-5/h11-12,15,17H,7,9-10,13-14H2,1-6H3/t15-,17-/m0/s1. The van der Waals surface area contributed by atoms with E-state index >= 15 is 0 Å². The summed E-state index contributed by atoms with van der Waals surface area (Å²) in [5, 5.41) is 9.11. The Labute approximate surface area is 168 Å². The predicted molar refractivity (Wildman–Crippen MR) is 108 cm³/mol. The summed E-state index contributed by atoms with van der Waals surface area (Å²) in [4.78, 5) is 15.3. The van der Waals surface area contributed by atoms with Crippen LogP contribution in [0.2, 0.25) is 0 Å².